The zero-order valence-corrected chi connectivity index (χ0v) is 12.8. The van der Waals surface area contributed by atoms with Gasteiger partial charge in [-0.1, -0.05) is 0 Å². The number of hydrogen-bond donors (Lipinski definition) is 1. The number of nitrogens with zero attached hydrogens (tertiary/aromatic N) is 6. The van der Waals surface area contributed by atoms with Gasteiger partial charge in [-0.2, -0.15) is 0 Å². The second-order valence-electron chi connectivity index (χ2n) is 5.05. The third-order valence-electron chi connectivity index (χ3n) is 3.59. The third kappa shape index (κ3) is 2.39. The van der Waals surface area contributed by atoms with E-state index < -0.39 is 0 Å². The summed E-state index contributed by atoms with van der Waals surface area (Å²) in [6.07, 6.45) is 8.77. The van der Waals surface area contributed by atoms with Crippen molar-refractivity contribution in [2.75, 3.05) is 12.8 Å². The first-order chi connectivity index (χ1) is 11.7. The molecule has 0 unspecified atom stereocenters. The molecule has 0 saturated heterocycles. The number of fused-ring (bicyclic) bond motifs is 1. The van der Waals surface area contributed by atoms with Crippen LogP contribution in [0.25, 0.3) is 28.2 Å². The van der Waals surface area contributed by atoms with Crippen LogP contribution in [0.3, 0.4) is 0 Å². The molecular weight excluding hydrogens is 306 g/mol. The fraction of sp³-hybridized carbons (Fsp3) is 0.0625. The molecule has 0 atom stereocenters. The number of nitrogen functional groups attached to an aromatic ring is 1. The summed E-state index contributed by atoms with van der Waals surface area (Å²) in [6.45, 7) is 0. The maximum absolute atomic E-state index is 5.68. The van der Waals surface area contributed by atoms with Gasteiger partial charge in [0.1, 0.15) is 5.65 Å². The van der Waals surface area contributed by atoms with Crippen LogP contribution in [0.2, 0.25) is 0 Å². The minimum Gasteiger partial charge on any atom is -0.467 e. The molecule has 0 aromatic carbocycles. The number of methoxy groups -OCH3 is 1. The van der Waals surface area contributed by atoms with E-state index in [1.165, 1.54) is 7.11 Å². The van der Waals surface area contributed by atoms with Crippen LogP contribution in [0, 0.1) is 0 Å². The fourth-order valence-corrected chi connectivity index (χ4v) is 2.43. The summed E-state index contributed by atoms with van der Waals surface area (Å²) in [5.41, 5.74) is 9.84. The second kappa shape index (κ2) is 5.58. The number of rotatable bonds is 3. The zero-order chi connectivity index (χ0) is 16.5. The Balaban J connectivity index is 1.83. The van der Waals surface area contributed by atoms with Crippen LogP contribution in [0.15, 0.2) is 49.2 Å². The minimum atomic E-state index is 0.224. The van der Waals surface area contributed by atoms with Crippen LogP contribution < -0.4 is 10.5 Å². The molecule has 0 aliphatic rings. The van der Waals surface area contributed by atoms with Gasteiger partial charge in [-0.25, -0.2) is 24.9 Å². The van der Waals surface area contributed by atoms with Crippen molar-refractivity contribution in [1.82, 2.24) is 29.3 Å². The Morgan fingerprint density at radius 1 is 0.958 bits per heavy atom. The Kier molecular flexibility index (Phi) is 3.27. The van der Waals surface area contributed by atoms with Gasteiger partial charge >= 0.3 is 6.01 Å². The molecule has 8 nitrogen and oxygen atoms in total. The molecule has 4 rings (SSSR count). The predicted molar refractivity (Wildman–Crippen MR) is 88.2 cm³/mol. The molecular formula is C16H13N7O. The highest BCUT2D eigenvalue weighted by Gasteiger charge is 2.09. The van der Waals surface area contributed by atoms with Crippen LogP contribution in [0.5, 0.6) is 6.01 Å². The topological polar surface area (TPSA) is 104 Å². The molecule has 24 heavy (non-hydrogen) atoms. The van der Waals surface area contributed by atoms with Crippen molar-refractivity contribution in [3.05, 3.63) is 49.2 Å². The molecule has 0 amide bonds. The van der Waals surface area contributed by atoms with Gasteiger partial charge in [-0.3, -0.25) is 4.40 Å². The number of ether oxygens (including phenoxy) is 1. The van der Waals surface area contributed by atoms with Crippen molar-refractivity contribution in [2.45, 2.75) is 0 Å². The molecule has 0 bridgehead atoms. The predicted octanol–water partition coefficient (Wildman–Crippen LogP) is 1.84. The van der Waals surface area contributed by atoms with Crippen molar-refractivity contribution in [2.24, 2.45) is 0 Å². The third-order valence-corrected chi connectivity index (χ3v) is 3.59. The lowest BCUT2D eigenvalue weighted by atomic mass is 10.1. The van der Waals surface area contributed by atoms with Gasteiger partial charge in [0, 0.05) is 35.9 Å². The van der Waals surface area contributed by atoms with Crippen LogP contribution >= 0.6 is 0 Å². The molecule has 8 heteroatoms. The van der Waals surface area contributed by atoms with E-state index in [1.807, 2.05) is 22.7 Å². The number of imidazole rings is 1. The Morgan fingerprint density at radius 3 is 2.54 bits per heavy atom. The molecule has 4 aromatic rings. The lowest BCUT2D eigenvalue weighted by Gasteiger charge is -2.06. The molecule has 0 saturated carbocycles. The van der Waals surface area contributed by atoms with E-state index in [1.54, 1.807) is 30.9 Å². The first-order valence-electron chi connectivity index (χ1n) is 7.17. The molecule has 2 N–H and O–H groups in total. The summed E-state index contributed by atoms with van der Waals surface area (Å²) in [7, 11) is 1.53. The Labute approximate surface area is 137 Å². The molecule has 0 fully saturated rings. The van der Waals surface area contributed by atoms with Crippen LogP contribution in [-0.4, -0.2) is 36.4 Å². The van der Waals surface area contributed by atoms with Crippen LogP contribution in [0.1, 0.15) is 0 Å². The van der Waals surface area contributed by atoms with Gasteiger partial charge in [-0.15, -0.1) is 0 Å². The second-order valence-corrected chi connectivity index (χ2v) is 5.05. The summed E-state index contributed by atoms with van der Waals surface area (Å²) in [6, 6.07) is 6.02. The number of hydrogen-bond acceptors (Lipinski definition) is 7. The van der Waals surface area contributed by atoms with E-state index in [0.29, 0.717) is 11.7 Å². The lowest BCUT2D eigenvalue weighted by Crippen LogP contribution is -1.97. The molecule has 4 aromatic heterocycles. The van der Waals surface area contributed by atoms with Gasteiger partial charge in [0.25, 0.3) is 0 Å². The van der Waals surface area contributed by atoms with Crippen molar-refractivity contribution in [1.29, 1.82) is 0 Å². The maximum atomic E-state index is 5.68. The zero-order valence-electron chi connectivity index (χ0n) is 12.8. The first-order valence-corrected chi connectivity index (χ1v) is 7.17. The van der Waals surface area contributed by atoms with Gasteiger partial charge in [0.2, 0.25) is 5.95 Å². The highest BCUT2D eigenvalue weighted by molar-refractivity contribution is 5.67. The summed E-state index contributed by atoms with van der Waals surface area (Å²) in [5.74, 6) is 0.224. The average molecular weight is 319 g/mol. The highest BCUT2D eigenvalue weighted by Crippen LogP contribution is 2.24. The van der Waals surface area contributed by atoms with E-state index in [9.17, 15) is 0 Å². The Morgan fingerprint density at radius 2 is 1.79 bits per heavy atom. The van der Waals surface area contributed by atoms with E-state index >= 15 is 0 Å². The molecule has 0 spiro atoms. The monoisotopic (exact) mass is 319 g/mol. The Bertz CT molecular complexity index is 1010. The van der Waals surface area contributed by atoms with Gasteiger partial charge in [-0.05, 0) is 18.2 Å². The van der Waals surface area contributed by atoms with Crippen molar-refractivity contribution < 1.29 is 4.74 Å². The average Bonchev–Trinajstić information content (AvgIpc) is 3.05. The van der Waals surface area contributed by atoms with Gasteiger partial charge in [0.15, 0.2) is 0 Å². The Hall–Kier alpha value is -3.55. The van der Waals surface area contributed by atoms with Crippen LogP contribution in [-0.2, 0) is 0 Å². The number of anilines is 1. The lowest BCUT2D eigenvalue weighted by molar-refractivity contribution is 0.380. The summed E-state index contributed by atoms with van der Waals surface area (Å²) >= 11 is 0. The number of aromatic nitrogens is 6. The van der Waals surface area contributed by atoms with E-state index in [4.69, 9.17) is 10.5 Å². The van der Waals surface area contributed by atoms with Crippen molar-refractivity contribution in [3.63, 3.8) is 0 Å². The quantitative estimate of drug-likeness (QED) is 0.614. The van der Waals surface area contributed by atoms with Gasteiger partial charge < -0.3 is 10.5 Å². The summed E-state index contributed by atoms with van der Waals surface area (Å²) < 4.78 is 6.93. The molecule has 4 heterocycles. The first kappa shape index (κ1) is 14.1. The van der Waals surface area contributed by atoms with E-state index in [2.05, 4.69) is 24.9 Å². The summed E-state index contributed by atoms with van der Waals surface area (Å²) in [5, 5.41) is 0. The molecule has 118 valence electrons. The number of pyridine rings is 1. The number of nitrogens with two attached hydrogens (primary N) is 1. The van der Waals surface area contributed by atoms with Crippen molar-refractivity contribution >= 4 is 11.6 Å². The normalized spacial score (nSPS) is 10.9. The van der Waals surface area contributed by atoms with Crippen molar-refractivity contribution in [3.8, 4) is 28.5 Å². The van der Waals surface area contributed by atoms with Crippen LogP contribution in [0.4, 0.5) is 5.95 Å². The maximum Gasteiger partial charge on any atom is 0.316 e. The summed E-state index contributed by atoms with van der Waals surface area (Å²) in [4.78, 5) is 20.8. The van der Waals surface area contributed by atoms with E-state index in [0.717, 1.165) is 22.5 Å². The molecule has 0 radical (unpaired) electrons. The van der Waals surface area contributed by atoms with E-state index in [-0.39, 0.29) is 5.95 Å². The van der Waals surface area contributed by atoms with Gasteiger partial charge in [0.05, 0.1) is 24.7 Å². The highest BCUT2D eigenvalue weighted by atomic mass is 16.5. The molecule has 0 aliphatic heterocycles. The molecule has 0 aliphatic carbocycles. The minimum absolute atomic E-state index is 0.224. The standard InChI is InChI=1S/C16H13N7O/c1-24-16-20-6-11(7-21-16)10-2-3-14-19-8-13(23(14)9-10)12-4-5-18-15(17)22-12/h2-9H,1H3,(H2,17,18,22). The largest absolute Gasteiger partial charge is 0.467 e. The smallest absolute Gasteiger partial charge is 0.316 e. The SMILES string of the molecule is COc1ncc(-c2ccc3ncc(-c4ccnc(N)n4)n3c2)cn1. The fourth-order valence-electron chi connectivity index (χ4n) is 2.43.